The van der Waals surface area contributed by atoms with Crippen LogP contribution in [0.4, 0.5) is 5.69 Å². The highest BCUT2D eigenvalue weighted by Gasteiger charge is 2.37. The highest BCUT2D eigenvalue weighted by Crippen LogP contribution is 2.46. The van der Waals surface area contributed by atoms with Crippen molar-refractivity contribution in [3.8, 4) is 5.75 Å². The lowest BCUT2D eigenvalue weighted by Crippen LogP contribution is -2.43. The van der Waals surface area contributed by atoms with Crippen molar-refractivity contribution < 1.29 is 5.11 Å². The van der Waals surface area contributed by atoms with E-state index in [-0.39, 0.29) is 11.0 Å². The van der Waals surface area contributed by atoms with Gasteiger partial charge in [0.1, 0.15) is 5.75 Å². The lowest BCUT2D eigenvalue weighted by Gasteiger charge is -2.43. The van der Waals surface area contributed by atoms with Gasteiger partial charge in [-0.05, 0) is 37.3 Å². The average Bonchev–Trinajstić information content (AvgIpc) is 2.04. The van der Waals surface area contributed by atoms with Gasteiger partial charge in [-0.15, -0.1) is 0 Å². The monoisotopic (exact) mass is 205 g/mol. The maximum atomic E-state index is 9.86. The van der Waals surface area contributed by atoms with Crippen LogP contribution in [0.1, 0.15) is 39.7 Å². The molecule has 0 aliphatic carbocycles. The highest BCUT2D eigenvalue weighted by atomic mass is 16.3. The fraction of sp³-hybridized carbons (Fsp3) is 0.538. The van der Waals surface area contributed by atoms with E-state index < -0.39 is 0 Å². The maximum Gasteiger partial charge on any atom is 0.138 e. The molecule has 0 aromatic heterocycles. The van der Waals surface area contributed by atoms with E-state index in [0.29, 0.717) is 5.75 Å². The van der Waals surface area contributed by atoms with Crippen molar-refractivity contribution in [1.29, 1.82) is 0 Å². The zero-order chi connectivity index (χ0) is 11.3. The summed E-state index contributed by atoms with van der Waals surface area (Å²) >= 11 is 0. The smallest absolute Gasteiger partial charge is 0.138 e. The first-order valence-corrected chi connectivity index (χ1v) is 5.42. The normalized spacial score (nSPS) is 21.6. The first-order chi connectivity index (χ1) is 6.82. The number of rotatable bonds is 0. The summed E-state index contributed by atoms with van der Waals surface area (Å²) in [6.45, 7) is 8.80. The number of hydrogen-bond donors (Lipinski definition) is 2. The Morgan fingerprint density at radius 1 is 1.20 bits per heavy atom. The number of hydrogen-bond acceptors (Lipinski definition) is 2. The van der Waals surface area contributed by atoms with Gasteiger partial charge < -0.3 is 10.4 Å². The summed E-state index contributed by atoms with van der Waals surface area (Å²) in [5.41, 5.74) is 2.26. The van der Waals surface area contributed by atoms with E-state index in [1.54, 1.807) is 6.07 Å². The molecule has 1 aromatic carbocycles. The van der Waals surface area contributed by atoms with Crippen LogP contribution in [0.25, 0.3) is 0 Å². The summed E-state index contributed by atoms with van der Waals surface area (Å²) in [6, 6.07) is 5.75. The van der Waals surface area contributed by atoms with Gasteiger partial charge in [0.05, 0.1) is 5.69 Å². The Labute approximate surface area is 91.3 Å². The van der Waals surface area contributed by atoms with Crippen LogP contribution in [0.5, 0.6) is 5.75 Å². The molecule has 1 aromatic rings. The van der Waals surface area contributed by atoms with Gasteiger partial charge in [-0.3, -0.25) is 0 Å². The van der Waals surface area contributed by atoms with Crippen molar-refractivity contribution in [3.05, 3.63) is 23.8 Å². The number of nitrogens with one attached hydrogen (secondary N) is 1. The number of benzene rings is 1. The predicted octanol–water partition coefficient (Wildman–Crippen LogP) is 3.26. The number of phenols is 1. The fourth-order valence-electron chi connectivity index (χ4n) is 2.82. The van der Waals surface area contributed by atoms with Gasteiger partial charge in [0.2, 0.25) is 0 Å². The van der Waals surface area contributed by atoms with E-state index in [2.05, 4.69) is 39.1 Å². The van der Waals surface area contributed by atoms with Gasteiger partial charge in [-0.1, -0.05) is 26.0 Å². The molecule has 2 N–H and O–H groups in total. The second-order valence-electron chi connectivity index (χ2n) is 5.77. The molecule has 0 amide bonds. The fourth-order valence-corrected chi connectivity index (χ4v) is 2.82. The molecule has 0 bridgehead atoms. The van der Waals surface area contributed by atoms with Crippen molar-refractivity contribution >= 4 is 5.69 Å². The van der Waals surface area contributed by atoms with E-state index >= 15 is 0 Å². The van der Waals surface area contributed by atoms with E-state index in [1.807, 2.05) is 6.07 Å². The molecule has 1 heterocycles. The topological polar surface area (TPSA) is 32.3 Å². The number of anilines is 1. The molecule has 0 saturated heterocycles. The van der Waals surface area contributed by atoms with Gasteiger partial charge in [0.15, 0.2) is 0 Å². The lowest BCUT2D eigenvalue weighted by atomic mass is 9.71. The molecule has 15 heavy (non-hydrogen) atoms. The van der Waals surface area contributed by atoms with Crippen LogP contribution in [-0.4, -0.2) is 10.6 Å². The van der Waals surface area contributed by atoms with Gasteiger partial charge in [0.25, 0.3) is 0 Å². The summed E-state index contributed by atoms with van der Waals surface area (Å²) in [5, 5.41) is 13.3. The Hall–Kier alpha value is -1.18. The van der Waals surface area contributed by atoms with Gasteiger partial charge in [-0.25, -0.2) is 0 Å². The molecular weight excluding hydrogens is 186 g/mol. The number of aromatic hydroxyl groups is 1. The summed E-state index contributed by atoms with van der Waals surface area (Å²) < 4.78 is 0. The summed E-state index contributed by atoms with van der Waals surface area (Å²) in [6.07, 6.45) is 1.07. The van der Waals surface area contributed by atoms with Crippen LogP contribution < -0.4 is 5.32 Å². The molecular formula is C13H19NO. The molecule has 1 aliphatic rings. The van der Waals surface area contributed by atoms with Gasteiger partial charge >= 0.3 is 0 Å². The van der Waals surface area contributed by atoms with Crippen molar-refractivity contribution in [2.75, 3.05) is 5.32 Å². The van der Waals surface area contributed by atoms with Crippen molar-refractivity contribution in [2.45, 2.75) is 45.1 Å². The van der Waals surface area contributed by atoms with E-state index in [0.717, 1.165) is 12.1 Å². The Morgan fingerprint density at radius 2 is 1.87 bits per heavy atom. The highest BCUT2D eigenvalue weighted by molar-refractivity contribution is 5.66. The molecule has 0 radical (unpaired) electrons. The largest absolute Gasteiger partial charge is 0.506 e. The molecule has 1 aliphatic heterocycles. The molecule has 0 saturated carbocycles. The molecule has 82 valence electrons. The number of phenolic OH excluding ortho intramolecular Hbond substituents is 1. The first kappa shape index (κ1) is 10.3. The minimum atomic E-state index is 0.0370. The molecule has 2 heteroatoms. The molecule has 0 spiro atoms. The van der Waals surface area contributed by atoms with E-state index in [4.69, 9.17) is 0 Å². The predicted molar refractivity (Wildman–Crippen MR) is 63.5 cm³/mol. The quantitative estimate of drug-likeness (QED) is 0.637. The third kappa shape index (κ3) is 1.69. The Morgan fingerprint density at radius 3 is 2.53 bits per heavy atom. The second-order valence-corrected chi connectivity index (χ2v) is 5.77. The molecule has 0 unspecified atom stereocenters. The van der Waals surface area contributed by atoms with Crippen molar-refractivity contribution in [2.24, 2.45) is 0 Å². The van der Waals surface area contributed by atoms with Crippen LogP contribution in [0.3, 0.4) is 0 Å². The van der Waals surface area contributed by atoms with Crippen molar-refractivity contribution in [1.82, 2.24) is 0 Å². The SMILES string of the molecule is CC1(C)CC(C)(C)c2cccc(O)c2N1. The lowest BCUT2D eigenvalue weighted by molar-refractivity contribution is 0.350. The molecule has 2 nitrogen and oxygen atoms in total. The van der Waals surface area contributed by atoms with Crippen LogP contribution in [0.15, 0.2) is 18.2 Å². The average molecular weight is 205 g/mol. The Kier molecular flexibility index (Phi) is 2.00. The second kappa shape index (κ2) is 2.91. The Bertz CT molecular complexity index is 394. The maximum absolute atomic E-state index is 9.86. The zero-order valence-electron chi connectivity index (χ0n) is 9.89. The van der Waals surface area contributed by atoms with Crippen LogP contribution in [0.2, 0.25) is 0 Å². The standard InChI is InChI=1S/C13H19NO/c1-12(2)8-13(3,4)14-11-9(12)6-5-7-10(11)15/h5-7,14-15H,8H2,1-4H3. The van der Waals surface area contributed by atoms with Crippen LogP contribution >= 0.6 is 0 Å². The van der Waals surface area contributed by atoms with Crippen LogP contribution in [-0.2, 0) is 5.41 Å². The summed E-state index contributed by atoms with van der Waals surface area (Å²) in [7, 11) is 0. The third-order valence-corrected chi connectivity index (χ3v) is 3.12. The number of fused-ring (bicyclic) bond motifs is 1. The zero-order valence-corrected chi connectivity index (χ0v) is 9.89. The minimum Gasteiger partial charge on any atom is -0.506 e. The van der Waals surface area contributed by atoms with E-state index in [9.17, 15) is 5.11 Å². The van der Waals surface area contributed by atoms with Gasteiger partial charge in [0, 0.05) is 5.54 Å². The Balaban J connectivity index is 2.60. The summed E-state index contributed by atoms with van der Waals surface area (Å²) in [5.74, 6) is 0.355. The minimum absolute atomic E-state index is 0.0370. The van der Waals surface area contributed by atoms with Crippen molar-refractivity contribution in [3.63, 3.8) is 0 Å². The first-order valence-electron chi connectivity index (χ1n) is 5.42. The van der Waals surface area contributed by atoms with Crippen LogP contribution in [0, 0.1) is 0 Å². The number of para-hydroxylation sites is 1. The third-order valence-electron chi connectivity index (χ3n) is 3.12. The molecule has 2 rings (SSSR count). The van der Waals surface area contributed by atoms with Gasteiger partial charge in [-0.2, -0.15) is 0 Å². The molecule has 0 fully saturated rings. The summed E-state index contributed by atoms with van der Waals surface area (Å²) in [4.78, 5) is 0. The van der Waals surface area contributed by atoms with E-state index in [1.165, 1.54) is 5.56 Å². The molecule has 0 atom stereocenters.